The van der Waals surface area contributed by atoms with Crippen LogP contribution in [-0.2, 0) is 0 Å². The third-order valence-corrected chi connectivity index (χ3v) is 3.98. The van der Waals surface area contributed by atoms with Gasteiger partial charge in [-0.2, -0.15) is 0 Å². The second-order valence-electron chi connectivity index (χ2n) is 5.08. The molecule has 22 heavy (non-hydrogen) atoms. The van der Waals surface area contributed by atoms with Gasteiger partial charge in [0.1, 0.15) is 6.33 Å². The van der Waals surface area contributed by atoms with Crippen molar-refractivity contribution >= 4 is 39.3 Å². The average Bonchev–Trinajstić information content (AvgIpc) is 2.96. The number of carbonyl (C=O) groups excluding carboxylic acids is 1. The van der Waals surface area contributed by atoms with Crippen LogP contribution in [0.15, 0.2) is 67.0 Å². The topological polar surface area (TPSA) is 34.9 Å². The summed E-state index contributed by atoms with van der Waals surface area (Å²) in [5.74, 6) is -0.110. The molecule has 0 atom stereocenters. The maximum Gasteiger partial charge on any atom is 0.264 e. The molecule has 4 heteroatoms. The minimum absolute atomic E-state index is 0.110. The number of benzene rings is 3. The Hall–Kier alpha value is -2.65. The Balaban J connectivity index is 1.94. The summed E-state index contributed by atoms with van der Waals surface area (Å²) in [6, 6.07) is 18.9. The molecular weight excluding hydrogens is 296 g/mol. The third kappa shape index (κ3) is 1.98. The molecule has 1 aromatic heterocycles. The molecule has 0 aliphatic heterocycles. The summed E-state index contributed by atoms with van der Waals surface area (Å²) >= 11 is 6.04. The molecule has 0 radical (unpaired) electrons. The fourth-order valence-corrected chi connectivity index (χ4v) is 2.85. The van der Waals surface area contributed by atoms with E-state index in [0.29, 0.717) is 16.1 Å². The van der Waals surface area contributed by atoms with Crippen molar-refractivity contribution in [1.82, 2.24) is 9.55 Å². The van der Waals surface area contributed by atoms with Gasteiger partial charge in [0, 0.05) is 10.6 Å². The minimum atomic E-state index is -0.110. The van der Waals surface area contributed by atoms with Crippen molar-refractivity contribution < 1.29 is 4.79 Å². The number of halogens is 1. The Labute approximate surface area is 131 Å². The molecule has 0 fully saturated rings. The Bertz CT molecular complexity index is 1010. The summed E-state index contributed by atoms with van der Waals surface area (Å²) in [5.41, 5.74) is 2.11. The van der Waals surface area contributed by atoms with Gasteiger partial charge in [-0.05, 0) is 35.0 Å². The zero-order chi connectivity index (χ0) is 15.1. The van der Waals surface area contributed by atoms with Crippen molar-refractivity contribution in [2.75, 3.05) is 0 Å². The molecule has 4 rings (SSSR count). The fraction of sp³-hybridized carbons (Fsp3) is 0. The standard InChI is InChI=1S/C18H11ClN2O/c19-13-8-9-16-17(10-13)21(11-20-16)18(22)15-7-3-5-12-4-1-2-6-14(12)15/h1-11H. The van der Waals surface area contributed by atoms with Crippen molar-refractivity contribution in [3.8, 4) is 0 Å². The molecule has 0 spiro atoms. The highest BCUT2D eigenvalue weighted by atomic mass is 35.5. The van der Waals surface area contributed by atoms with Crippen LogP contribution in [0.25, 0.3) is 21.8 Å². The van der Waals surface area contributed by atoms with Crippen molar-refractivity contribution in [3.63, 3.8) is 0 Å². The first kappa shape index (κ1) is 13.0. The van der Waals surface area contributed by atoms with Gasteiger partial charge in [-0.15, -0.1) is 0 Å². The van der Waals surface area contributed by atoms with Gasteiger partial charge in [0.15, 0.2) is 0 Å². The van der Waals surface area contributed by atoms with E-state index in [2.05, 4.69) is 4.98 Å². The van der Waals surface area contributed by atoms with E-state index in [4.69, 9.17) is 11.6 Å². The molecule has 106 valence electrons. The summed E-state index contributed by atoms with van der Waals surface area (Å²) in [6.45, 7) is 0. The van der Waals surface area contributed by atoms with Gasteiger partial charge in [-0.25, -0.2) is 4.98 Å². The first-order valence-electron chi connectivity index (χ1n) is 6.89. The molecule has 0 aliphatic carbocycles. The van der Waals surface area contributed by atoms with Crippen molar-refractivity contribution in [2.24, 2.45) is 0 Å². The van der Waals surface area contributed by atoms with Crippen molar-refractivity contribution in [1.29, 1.82) is 0 Å². The number of hydrogen-bond acceptors (Lipinski definition) is 2. The van der Waals surface area contributed by atoms with E-state index in [1.54, 1.807) is 23.0 Å². The quantitative estimate of drug-likeness (QED) is 0.518. The van der Waals surface area contributed by atoms with E-state index in [9.17, 15) is 4.79 Å². The zero-order valence-corrected chi connectivity index (χ0v) is 12.3. The van der Waals surface area contributed by atoms with Gasteiger partial charge in [0.25, 0.3) is 5.91 Å². The van der Waals surface area contributed by atoms with Gasteiger partial charge >= 0.3 is 0 Å². The van der Waals surface area contributed by atoms with Gasteiger partial charge in [-0.3, -0.25) is 9.36 Å². The lowest BCUT2D eigenvalue weighted by Gasteiger charge is -2.07. The minimum Gasteiger partial charge on any atom is -0.268 e. The summed E-state index contributed by atoms with van der Waals surface area (Å²) in [7, 11) is 0. The van der Waals surface area contributed by atoms with Crippen LogP contribution in [0.1, 0.15) is 10.4 Å². The molecule has 3 nitrogen and oxygen atoms in total. The van der Waals surface area contributed by atoms with Crippen LogP contribution in [0, 0.1) is 0 Å². The maximum atomic E-state index is 12.9. The molecule has 0 bridgehead atoms. The molecule has 0 unspecified atom stereocenters. The summed E-state index contributed by atoms with van der Waals surface area (Å²) in [6.07, 6.45) is 1.55. The smallest absolute Gasteiger partial charge is 0.264 e. The lowest BCUT2D eigenvalue weighted by molar-refractivity contribution is 0.0966. The number of nitrogens with zero attached hydrogens (tertiary/aromatic N) is 2. The predicted molar refractivity (Wildman–Crippen MR) is 88.4 cm³/mol. The number of carbonyl (C=O) groups is 1. The van der Waals surface area contributed by atoms with Crippen molar-refractivity contribution in [3.05, 3.63) is 77.6 Å². The van der Waals surface area contributed by atoms with Crippen LogP contribution in [-0.4, -0.2) is 15.5 Å². The SMILES string of the molecule is O=C(c1cccc2ccccc12)n1cnc2ccc(Cl)cc21. The number of aromatic nitrogens is 2. The molecule has 4 aromatic rings. The largest absolute Gasteiger partial charge is 0.268 e. The molecule has 0 saturated heterocycles. The van der Waals surface area contributed by atoms with Gasteiger partial charge in [0.05, 0.1) is 11.0 Å². The number of fused-ring (bicyclic) bond motifs is 2. The highest BCUT2D eigenvalue weighted by molar-refractivity contribution is 6.31. The summed E-state index contributed by atoms with van der Waals surface area (Å²) in [5, 5.41) is 2.55. The first-order chi connectivity index (χ1) is 10.7. The van der Waals surface area contributed by atoms with E-state index in [-0.39, 0.29) is 5.91 Å². The first-order valence-corrected chi connectivity index (χ1v) is 7.27. The van der Waals surface area contributed by atoms with Crippen LogP contribution >= 0.6 is 11.6 Å². The summed E-state index contributed by atoms with van der Waals surface area (Å²) in [4.78, 5) is 17.2. The van der Waals surface area contributed by atoms with E-state index in [1.165, 1.54) is 0 Å². The van der Waals surface area contributed by atoms with Crippen LogP contribution in [0.3, 0.4) is 0 Å². The van der Waals surface area contributed by atoms with Crippen LogP contribution in [0.5, 0.6) is 0 Å². The molecule has 0 amide bonds. The van der Waals surface area contributed by atoms with E-state index >= 15 is 0 Å². The molecule has 3 aromatic carbocycles. The zero-order valence-electron chi connectivity index (χ0n) is 11.5. The Morgan fingerprint density at radius 3 is 2.73 bits per heavy atom. The number of imidazole rings is 1. The second kappa shape index (κ2) is 4.97. The van der Waals surface area contributed by atoms with E-state index < -0.39 is 0 Å². The molecular formula is C18H11ClN2O. The molecule has 1 heterocycles. The monoisotopic (exact) mass is 306 g/mol. The lowest BCUT2D eigenvalue weighted by atomic mass is 10.0. The number of hydrogen-bond donors (Lipinski definition) is 0. The Kier molecular flexibility index (Phi) is 2.94. The van der Waals surface area contributed by atoms with Gasteiger partial charge in [0.2, 0.25) is 0 Å². The van der Waals surface area contributed by atoms with Crippen LogP contribution in [0.2, 0.25) is 5.02 Å². The van der Waals surface area contributed by atoms with Crippen LogP contribution in [0.4, 0.5) is 0 Å². The fourth-order valence-electron chi connectivity index (χ4n) is 2.68. The Morgan fingerprint density at radius 2 is 1.82 bits per heavy atom. The highest BCUT2D eigenvalue weighted by Crippen LogP contribution is 2.23. The van der Waals surface area contributed by atoms with Crippen molar-refractivity contribution in [2.45, 2.75) is 0 Å². The third-order valence-electron chi connectivity index (χ3n) is 3.75. The number of rotatable bonds is 1. The van der Waals surface area contributed by atoms with Gasteiger partial charge < -0.3 is 0 Å². The average molecular weight is 307 g/mol. The molecule has 0 N–H and O–H groups in total. The van der Waals surface area contributed by atoms with Crippen LogP contribution < -0.4 is 0 Å². The normalized spacial score (nSPS) is 11.1. The maximum absolute atomic E-state index is 12.9. The van der Waals surface area contributed by atoms with E-state index in [1.807, 2.05) is 48.5 Å². The lowest BCUT2D eigenvalue weighted by Crippen LogP contribution is -2.11. The second-order valence-corrected chi connectivity index (χ2v) is 5.52. The highest BCUT2D eigenvalue weighted by Gasteiger charge is 2.15. The molecule has 0 aliphatic rings. The molecule has 0 saturated carbocycles. The Morgan fingerprint density at radius 1 is 1.00 bits per heavy atom. The predicted octanol–water partition coefficient (Wildman–Crippen LogP) is 4.53. The summed E-state index contributed by atoms with van der Waals surface area (Å²) < 4.78 is 1.54. The van der Waals surface area contributed by atoms with E-state index in [0.717, 1.165) is 16.3 Å². The van der Waals surface area contributed by atoms with Gasteiger partial charge in [-0.1, -0.05) is 48.0 Å².